The number of amides is 2. The molecule has 0 aromatic heterocycles. The molecule has 0 aromatic rings. The first-order chi connectivity index (χ1) is 6.56. The first kappa shape index (κ1) is 11.4. The summed E-state index contributed by atoms with van der Waals surface area (Å²) in [5, 5.41) is 0. The molecule has 5 heteroatoms. The van der Waals surface area contributed by atoms with E-state index in [0.29, 0.717) is 25.6 Å². The number of rotatable bonds is 3. The first-order valence-electron chi connectivity index (χ1n) is 4.71. The third-order valence-corrected chi connectivity index (χ3v) is 2.99. The minimum atomic E-state index is -0.400. The average Bonchev–Trinajstić information content (AvgIpc) is 2.19. The SMILES string of the molecule is CC(CS)CN1CCN(C)C(=O)C1=O. The summed E-state index contributed by atoms with van der Waals surface area (Å²) in [6.07, 6.45) is 0. The lowest BCUT2D eigenvalue weighted by atomic mass is 10.2. The molecular formula is C9H16N2O2S. The molecule has 1 fully saturated rings. The van der Waals surface area contributed by atoms with Crippen LogP contribution in [0.1, 0.15) is 6.92 Å². The van der Waals surface area contributed by atoms with E-state index >= 15 is 0 Å². The van der Waals surface area contributed by atoms with Gasteiger partial charge in [0.2, 0.25) is 0 Å². The Morgan fingerprint density at radius 1 is 1.36 bits per heavy atom. The quantitative estimate of drug-likeness (QED) is 0.526. The van der Waals surface area contributed by atoms with E-state index in [4.69, 9.17) is 0 Å². The van der Waals surface area contributed by atoms with Crippen LogP contribution in [0.3, 0.4) is 0 Å². The first-order valence-corrected chi connectivity index (χ1v) is 5.34. The smallest absolute Gasteiger partial charge is 0.312 e. The van der Waals surface area contributed by atoms with Crippen molar-refractivity contribution in [2.45, 2.75) is 6.92 Å². The molecule has 0 saturated carbocycles. The lowest BCUT2D eigenvalue weighted by Gasteiger charge is -2.32. The highest BCUT2D eigenvalue weighted by Gasteiger charge is 2.30. The number of piperazine rings is 1. The highest BCUT2D eigenvalue weighted by atomic mass is 32.1. The van der Waals surface area contributed by atoms with Gasteiger partial charge >= 0.3 is 11.8 Å². The fourth-order valence-electron chi connectivity index (χ4n) is 1.38. The summed E-state index contributed by atoms with van der Waals surface area (Å²) in [5.41, 5.74) is 0. The van der Waals surface area contributed by atoms with Crippen LogP contribution in [0.4, 0.5) is 0 Å². The van der Waals surface area contributed by atoms with Crippen molar-refractivity contribution < 1.29 is 9.59 Å². The van der Waals surface area contributed by atoms with Crippen molar-refractivity contribution in [1.82, 2.24) is 9.80 Å². The van der Waals surface area contributed by atoms with Crippen molar-refractivity contribution in [3.63, 3.8) is 0 Å². The lowest BCUT2D eigenvalue weighted by Crippen LogP contribution is -2.53. The fourth-order valence-corrected chi connectivity index (χ4v) is 1.50. The molecule has 1 heterocycles. The van der Waals surface area contributed by atoms with Gasteiger partial charge in [-0.1, -0.05) is 6.92 Å². The molecule has 0 aromatic carbocycles. The van der Waals surface area contributed by atoms with Crippen molar-refractivity contribution in [1.29, 1.82) is 0 Å². The summed E-state index contributed by atoms with van der Waals surface area (Å²) in [7, 11) is 1.65. The molecule has 4 nitrogen and oxygen atoms in total. The molecular weight excluding hydrogens is 200 g/mol. The van der Waals surface area contributed by atoms with Gasteiger partial charge in [0.15, 0.2) is 0 Å². The van der Waals surface area contributed by atoms with Crippen molar-refractivity contribution >= 4 is 24.4 Å². The van der Waals surface area contributed by atoms with Crippen molar-refractivity contribution in [2.24, 2.45) is 5.92 Å². The Morgan fingerprint density at radius 2 is 2.00 bits per heavy atom. The molecule has 1 aliphatic heterocycles. The summed E-state index contributed by atoms with van der Waals surface area (Å²) in [5.74, 6) is 0.279. The maximum absolute atomic E-state index is 11.5. The van der Waals surface area contributed by atoms with Crippen LogP contribution in [-0.2, 0) is 9.59 Å². The standard InChI is InChI=1S/C9H16N2O2S/c1-7(6-14)5-11-4-3-10(2)8(12)9(11)13/h7,14H,3-6H2,1-2H3. The van der Waals surface area contributed by atoms with Gasteiger partial charge in [-0.15, -0.1) is 0 Å². The summed E-state index contributed by atoms with van der Waals surface area (Å²) < 4.78 is 0. The summed E-state index contributed by atoms with van der Waals surface area (Å²) in [4.78, 5) is 25.9. The van der Waals surface area contributed by atoms with Gasteiger partial charge in [0.1, 0.15) is 0 Å². The topological polar surface area (TPSA) is 40.6 Å². The van der Waals surface area contributed by atoms with Crippen LogP contribution in [0.25, 0.3) is 0 Å². The predicted molar refractivity (Wildman–Crippen MR) is 57.2 cm³/mol. The number of carbonyl (C=O) groups is 2. The Labute approximate surface area is 89.7 Å². The lowest BCUT2D eigenvalue weighted by molar-refractivity contribution is -0.155. The molecule has 1 saturated heterocycles. The molecule has 80 valence electrons. The second kappa shape index (κ2) is 4.68. The summed E-state index contributed by atoms with van der Waals surface area (Å²) >= 11 is 4.15. The average molecular weight is 216 g/mol. The molecule has 1 aliphatic rings. The Bertz CT molecular complexity index is 245. The molecule has 0 radical (unpaired) electrons. The summed E-state index contributed by atoms with van der Waals surface area (Å²) in [6, 6.07) is 0. The minimum Gasteiger partial charge on any atom is -0.336 e. The van der Waals surface area contributed by atoms with Crippen LogP contribution in [-0.4, -0.2) is 54.0 Å². The molecule has 0 spiro atoms. The van der Waals surface area contributed by atoms with Gasteiger partial charge in [-0.05, 0) is 11.7 Å². The normalized spacial score (nSPS) is 20.2. The van der Waals surface area contributed by atoms with Crippen LogP contribution in [0.5, 0.6) is 0 Å². The van der Waals surface area contributed by atoms with Gasteiger partial charge in [0.25, 0.3) is 0 Å². The van der Waals surface area contributed by atoms with E-state index in [2.05, 4.69) is 12.6 Å². The van der Waals surface area contributed by atoms with Gasteiger partial charge in [-0.25, -0.2) is 0 Å². The summed E-state index contributed by atoms with van der Waals surface area (Å²) in [6.45, 7) is 3.91. The third kappa shape index (κ3) is 2.41. The zero-order chi connectivity index (χ0) is 10.7. The van der Waals surface area contributed by atoms with Crippen LogP contribution < -0.4 is 0 Å². The van der Waals surface area contributed by atoms with Gasteiger partial charge in [0.05, 0.1) is 0 Å². The van der Waals surface area contributed by atoms with Crippen molar-refractivity contribution in [3.05, 3.63) is 0 Å². The van der Waals surface area contributed by atoms with E-state index < -0.39 is 5.91 Å². The van der Waals surface area contributed by atoms with E-state index in [-0.39, 0.29) is 5.91 Å². The number of hydrogen-bond donors (Lipinski definition) is 1. The van der Waals surface area contributed by atoms with Gasteiger partial charge in [0, 0.05) is 26.7 Å². The minimum absolute atomic E-state index is 0.332. The van der Waals surface area contributed by atoms with E-state index in [1.165, 1.54) is 4.90 Å². The maximum atomic E-state index is 11.5. The molecule has 14 heavy (non-hydrogen) atoms. The number of nitrogens with zero attached hydrogens (tertiary/aromatic N) is 2. The van der Waals surface area contributed by atoms with E-state index in [1.54, 1.807) is 11.9 Å². The Hall–Kier alpha value is -0.710. The van der Waals surface area contributed by atoms with Crippen LogP contribution in [0, 0.1) is 5.92 Å². The molecule has 0 N–H and O–H groups in total. The van der Waals surface area contributed by atoms with E-state index in [9.17, 15) is 9.59 Å². The molecule has 0 bridgehead atoms. The maximum Gasteiger partial charge on any atom is 0.312 e. The number of likely N-dealkylation sites (N-methyl/N-ethyl adjacent to an activating group) is 1. The zero-order valence-electron chi connectivity index (χ0n) is 8.56. The van der Waals surface area contributed by atoms with Gasteiger partial charge in [-0.2, -0.15) is 12.6 Å². The van der Waals surface area contributed by atoms with E-state index in [1.807, 2.05) is 6.92 Å². The Kier molecular flexibility index (Phi) is 3.80. The van der Waals surface area contributed by atoms with Gasteiger partial charge < -0.3 is 9.80 Å². The second-order valence-corrected chi connectivity index (χ2v) is 4.13. The van der Waals surface area contributed by atoms with Crippen molar-refractivity contribution in [3.8, 4) is 0 Å². The highest BCUT2D eigenvalue weighted by Crippen LogP contribution is 2.07. The fraction of sp³-hybridized carbons (Fsp3) is 0.778. The molecule has 0 aliphatic carbocycles. The van der Waals surface area contributed by atoms with Crippen LogP contribution in [0.2, 0.25) is 0 Å². The van der Waals surface area contributed by atoms with Crippen LogP contribution >= 0.6 is 12.6 Å². The van der Waals surface area contributed by atoms with Crippen molar-refractivity contribution in [2.75, 3.05) is 32.4 Å². The number of hydrogen-bond acceptors (Lipinski definition) is 3. The highest BCUT2D eigenvalue weighted by molar-refractivity contribution is 7.80. The monoisotopic (exact) mass is 216 g/mol. The van der Waals surface area contributed by atoms with Crippen LogP contribution in [0.15, 0.2) is 0 Å². The molecule has 2 amide bonds. The second-order valence-electron chi connectivity index (χ2n) is 3.77. The Morgan fingerprint density at radius 3 is 2.57 bits per heavy atom. The third-order valence-electron chi connectivity index (χ3n) is 2.37. The predicted octanol–water partition coefficient (Wildman–Crippen LogP) is -0.147. The zero-order valence-corrected chi connectivity index (χ0v) is 9.46. The Balaban J connectivity index is 2.55. The number of thiol groups is 1. The molecule has 1 unspecified atom stereocenters. The largest absolute Gasteiger partial charge is 0.336 e. The number of carbonyl (C=O) groups excluding carboxylic acids is 2. The van der Waals surface area contributed by atoms with E-state index in [0.717, 1.165) is 5.75 Å². The van der Waals surface area contributed by atoms with Gasteiger partial charge in [-0.3, -0.25) is 9.59 Å². The molecule has 1 rings (SSSR count). The molecule has 1 atom stereocenters.